The summed E-state index contributed by atoms with van der Waals surface area (Å²) >= 11 is 0. The smallest absolute Gasteiger partial charge is 0.229 e. The predicted octanol–water partition coefficient (Wildman–Crippen LogP) is 2.05. The molecule has 0 unspecified atom stereocenters. The number of benzene rings is 2. The van der Waals surface area contributed by atoms with Crippen LogP contribution in [0.4, 0.5) is 0 Å². The summed E-state index contributed by atoms with van der Waals surface area (Å²) in [6.45, 7) is 0. The number of hydrogen-bond acceptors (Lipinski definition) is 6. The van der Waals surface area contributed by atoms with Crippen LogP contribution in [0, 0.1) is 0 Å². The van der Waals surface area contributed by atoms with Gasteiger partial charge in [0.1, 0.15) is 0 Å². The quantitative estimate of drug-likeness (QED) is 0.489. The Bertz CT molecular complexity index is 924. The summed E-state index contributed by atoms with van der Waals surface area (Å²) < 4.78 is 0. The second-order valence-corrected chi connectivity index (χ2v) is 5.80. The van der Waals surface area contributed by atoms with Crippen molar-refractivity contribution in [3.8, 4) is 0 Å². The SMILES string of the molecule is O=C1CC(=O)c2ccccc2C1=O.O=C1CC(=O)c2ccccc2C1=O.[Co]. The van der Waals surface area contributed by atoms with Gasteiger partial charge in [-0.15, -0.1) is 0 Å². The summed E-state index contributed by atoms with van der Waals surface area (Å²) in [7, 11) is 0. The first-order valence-corrected chi connectivity index (χ1v) is 7.79. The Balaban J connectivity index is 0.000000187. The fourth-order valence-corrected chi connectivity index (χ4v) is 2.79. The summed E-state index contributed by atoms with van der Waals surface area (Å²) in [6.07, 6.45) is -0.564. The molecule has 0 bridgehead atoms. The summed E-state index contributed by atoms with van der Waals surface area (Å²) in [5.74, 6) is -2.83. The normalized spacial score (nSPS) is 15.3. The van der Waals surface area contributed by atoms with E-state index in [0.29, 0.717) is 11.1 Å². The van der Waals surface area contributed by atoms with Crippen LogP contribution in [0.2, 0.25) is 0 Å². The number of fused-ring (bicyclic) bond motifs is 2. The van der Waals surface area contributed by atoms with Gasteiger partial charge in [-0.2, -0.15) is 0 Å². The summed E-state index contributed by atoms with van der Waals surface area (Å²) in [5.41, 5.74) is 1.21. The molecule has 0 N–H and O–H groups in total. The van der Waals surface area contributed by atoms with Crippen LogP contribution in [0.15, 0.2) is 48.5 Å². The molecule has 0 fully saturated rings. The molecule has 6 nitrogen and oxygen atoms in total. The van der Waals surface area contributed by atoms with Crippen LogP contribution in [0.5, 0.6) is 0 Å². The molecule has 7 heteroatoms. The van der Waals surface area contributed by atoms with Crippen molar-refractivity contribution in [1.82, 2.24) is 0 Å². The molecule has 0 aromatic heterocycles. The van der Waals surface area contributed by atoms with Crippen LogP contribution < -0.4 is 0 Å². The minimum absolute atomic E-state index is 0. The first kappa shape index (κ1) is 20.3. The fourth-order valence-electron chi connectivity index (χ4n) is 2.79. The van der Waals surface area contributed by atoms with Crippen molar-refractivity contribution in [3.05, 3.63) is 70.8 Å². The van der Waals surface area contributed by atoms with Crippen molar-refractivity contribution < 1.29 is 45.5 Å². The van der Waals surface area contributed by atoms with E-state index in [9.17, 15) is 28.8 Å². The molecule has 0 saturated carbocycles. The number of carbonyl (C=O) groups excluding carboxylic acids is 6. The van der Waals surface area contributed by atoms with Gasteiger partial charge >= 0.3 is 0 Å². The fraction of sp³-hybridized carbons (Fsp3) is 0.100. The van der Waals surface area contributed by atoms with E-state index in [1.807, 2.05) is 0 Å². The number of rotatable bonds is 0. The summed E-state index contributed by atoms with van der Waals surface area (Å²) in [6, 6.07) is 12.8. The molecule has 0 spiro atoms. The molecule has 2 aliphatic carbocycles. The average molecular weight is 407 g/mol. The predicted molar refractivity (Wildman–Crippen MR) is 89.5 cm³/mol. The summed E-state index contributed by atoms with van der Waals surface area (Å²) in [4.78, 5) is 67.1. The van der Waals surface area contributed by atoms with Gasteiger partial charge in [-0.3, -0.25) is 28.8 Å². The van der Waals surface area contributed by atoms with Crippen LogP contribution in [0.25, 0.3) is 0 Å². The maximum atomic E-state index is 11.3. The Labute approximate surface area is 164 Å². The monoisotopic (exact) mass is 407 g/mol. The molecule has 4 rings (SSSR count). The van der Waals surface area contributed by atoms with Gasteiger partial charge in [0.05, 0.1) is 12.8 Å². The first-order chi connectivity index (χ1) is 12.4. The topological polar surface area (TPSA) is 102 Å². The molecule has 2 aromatic carbocycles. The Kier molecular flexibility index (Phi) is 6.09. The van der Waals surface area contributed by atoms with Crippen LogP contribution in [0.3, 0.4) is 0 Å². The molecule has 0 saturated heterocycles. The van der Waals surface area contributed by atoms with Crippen LogP contribution >= 0.6 is 0 Å². The zero-order valence-electron chi connectivity index (χ0n) is 13.8. The van der Waals surface area contributed by atoms with Crippen LogP contribution in [0.1, 0.15) is 54.3 Å². The van der Waals surface area contributed by atoms with E-state index < -0.39 is 23.1 Å². The third-order valence-corrected chi connectivity index (χ3v) is 4.09. The van der Waals surface area contributed by atoms with Crippen molar-refractivity contribution >= 4 is 34.7 Å². The molecular weight excluding hydrogens is 395 g/mol. The standard InChI is InChI=1S/2C10H6O3.Co/c2*11-8-5-9(12)10(13)7-4-2-1-3-6(7)8;/h2*1-4H,5H2;. The van der Waals surface area contributed by atoms with Crippen LogP contribution in [-0.2, 0) is 26.4 Å². The number of hydrogen-bond donors (Lipinski definition) is 0. The molecule has 27 heavy (non-hydrogen) atoms. The Morgan fingerprint density at radius 1 is 0.444 bits per heavy atom. The largest absolute Gasteiger partial charge is 0.294 e. The molecule has 137 valence electrons. The molecule has 2 aromatic rings. The number of ketones is 6. The molecule has 0 atom stereocenters. The third-order valence-electron chi connectivity index (χ3n) is 4.09. The zero-order chi connectivity index (χ0) is 18.8. The summed E-state index contributed by atoms with van der Waals surface area (Å²) in [5, 5.41) is 0. The molecular formula is C20H12CoO6. The van der Waals surface area contributed by atoms with E-state index in [0.717, 1.165) is 0 Å². The zero-order valence-corrected chi connectivity index (χ0v) is 14.9. The van der Waals surface area contributed by atoms with Gasteiger partial charge in [-0.1, -0.05) is 48.5 Å². The molecule has 0 amide bonds. The molecule has 1 radical (unpaired) electrons. The van der Waals surface area contributed by atoms with Gasteiger partial charge < -0.3 is 0 Å². The molecule has 0 aliphatic heterocycles. The van der Waals surface area contributed by atoms with Crippen molar-refractivity contribution in [1.29, 1.82) is 0 Å². The van der Waals surface area contributed by atoms with Gasteiger partial charge in [0.2, 0.25) is 23.1 Å². The Hall–Kier alpha value is -3.03. The maximum absolute atomic E-state index is 11.3. The maximum Gasteiger partial charge on any atom is 0.229 e. The van der Waals surface area contributed by atoms with E-state index in [-0.39, 0.29) is 52.3 Å². The van der Waals surface area contributed by atoms with Gasteiger partial charge in [0.15, 0.2) is 11.6 Å². The van der Waals surface area contributed by atoms with Crippen molar-refractivity contribution in [3.63, 3.8) is 0 Å². The van der Waals surface area contributed by atoms with E-state index in [4.69, 9.17) is 0 Å². The van der Waals surface area contributed by atoms with Gasteiger partial charge in [-0.05, 0) is 0 Å². The molecule has 0 heterocycles. The minimum atomic E-state index is -0.608. The van der Waals surface area contributed by atoms with E-state index in [1.165, 1.54) is 12.1 Å². The minimum Gasteiger partial charge on any atom is -0.294 e. The van der Waals surface area contributed by atoms with Gasteiger partial charge in [-0.25, -0.2) is 0 Å². The average Bonchev–Trinajstić information content (AvgIpc) is 2.65. The molecule has 2 aliphatic rings. The Morgan fingerprint density at radius 3 is 1.07 bits per heavy atom. The van der Waals surface area contributed by atoms with Crippen LogP contribution in [-0.4, -0.2) is 34.7 Å². The van der Waals surface area contributed by atoms with Gasteiger partial charge in [0.25, 0.3) is 0 Å². The number of carbonyl (C=O) groups is 6. The first-order valence-electron chi connectivity index (χ1n) is 7.79. The van der Waals surface area contributed by atoms with Gasteiger partial charge in [0, 0.05) is 39.0 Å². The van der Waals surface area contributed by atoms with Crippen molar-refractivity contribution in [2.45, 2.75) is 12.8 Å². The van der Waals surface area contributed by atoms with E-state index >= 15 is 0 Å². The second-order valence-electron chi connectivity index (χ2n) is 5.80. The number of Topliss-reactive ketones (excluding diaryl/α,β-unsaturated/α-hetero) is 6. The van der Waals surface area contributed by atoms with Crippen molar-refractivity contribution in [2.24, 2.45) is 0 Å². The Morgan fingerprint density at radius 2 is 0.741 bits per heavy atom. The van der Waals surface area contributed by atoms with Crippen molar-refractivity contribution in [2.75, 3.05) is 0 Å². The van der Waals surface area contributed by atoms with E-state index in [2.05, 4.69) is 0 Å². The van der Waals surface area contributed by atoms with E-state index in [1.54, 1.807) is 36.4 Å². The second kappa shape index (κ2) is 8.11. The third kappa shape index (κ3) is 3.89.